The molecule has 0 aromatic heterocycles. The molecule has 25 heavy (non-hydrogen) atoms. The van der Waals surface area contributed by atoms with Crippen molar-refractivity contribution in [2.24, 2.45) is 0 Å². The van der Waals surface area contributed by atoms with Crippen LogP contribution < -0.4 is 0 Å². The SMILES string of the molecule is COCCN(CCOC)C(=O)c1cc(C(F)(F)F)cc(C(F)(F)F)c1. The Labute approximate surface area is 140 Å². The van der Waals surface area contributed by atoms with Gasteiger partial charge >= 0.3 is 12.4 Å². The van der Waals surface area contributed by atoms with Gasteiger partial charge in [-0.15, -0.1) is 0 Å². The van der Waals surface area contributed by atoms with E-state index in [1.54, 1.807) is 0 Å². The number of amides is 1. The molecule has 0 bridgehead atoms. The quantitative estimate of drug-likeness (QED) is 0.687. The summed E-state index contributed by atoms with van der Waals surface area (Å²) >= 11 is 0. The molecule has 0 saturated heterocycles. The molecular formula is C15H17F6NO3. The second-order valence-electron chi connectivity index (χ2n) is 5.07. The molecule has 1 aromatic rings. The minimum absolute atomic E-state index is 0.00368. The van der Waals surface area contributed by atoms with Crippen LogP contribution in [-0.4, -0.2) is 51.3 Å². The smallest absolute Gasteiger partial charge is 0.383 e. The molecule has 0 N–H and O–H groups in total. The number of methoxy groups -OCH3 is 2. The summed E-state index contributed by atoms with van der Waals surface area (Å²) in [5, 5.41) is 0. The maximum atomic E-state index is 12.9. The average Bonchev–Trinajstić information content (AvgIpc) is 2.52. The van der Waals surface area contributed by atoms with Gasteiger partial charge in [0.25, 0.3) is 5.91 Å². The fraction of sp³-hybridized carbons (Fsp3) is 0.533. The zero-order valence-electron chi connectivity index (χ0n) is 13.5. The molecule has 0 aliphatic rings. The highest BCUT2D eigenvalue weighted by Gasteiger charge is 2.37. The first-order chi connectivity index (χ1) is 11.5. The van der Waals surface area contributed by atoms with Crippen molar-refractivity contribution < 1.29 is 40.6 Å². The Kier molecular flexibility index (Phi) is 7.24. The molecule has 0 atom stereocenters. The second-order valence-corrected chi connectivity index (χ2v) is 5.07. The van der Waals surface area contributed by atoms with Gasteiger partial charge in [0.05, 0.1) is 24.3 Å². The van der Waals surface area contributed by atoms with E-state index in [-0.39, 0.29) is 32.4 Å². The van der Waals surface area contributed by atoms with Gasteiger partial charge in [-0.2, -0.15) is 26.3 Å². The summed E-state index contributed by atoms with van der Waals surface area (Å²) in [5.74, 6) is -0.967. The fourth-order valence-corrected chi connectivity index (χ4v) is 1.98. The maximum absolute atomic E-state index is 12.9. The van der Waals surface area contributed by atoms with Gasteiger partial charge in [0, 0.05) is 32.9 Å². The Balaban J connectivity index is 3.29. The van der Waals surface area contributed by atoms with Gasteiger partial charge in [-0.25, -0.2) is 0 Å². The van der Waals surface area contributed by atoms with Crippen LogP contribution in [0.25, 0.3) is 0 Å². The lowest BCUT2D eigenvalue weighted by Gasteiger charge is -2.23. The zero-order valence-corrected chi connectivity index (χ0v) is 13.5. The number of carbonyl (C=O) groups excluding carboxylic acids is 1. The molecule has 0 aliphatic carbocycles. The van der Waals surface area contributed by atoms with Gasteiger partial charge in [-0.1, -0.05) is 0 Å². The molecular weight excluding hydrogens is 356 g/mol. The number of alkyl halides is 6. The summed E-state index contributed by atoms with van der Waals surface area (Å²) in [7, 11) is 2.70. The summed E-state index contributed by atoms with van der Waals surface area (Å²) in [6.07, 6.45) is -10.0. The standard InChI is InChI=1S/C15H17F6NO3/c1-24-5-3-22(4-6-25-2)13(23)10-7-11(14(16,17)18)9-12(8-10)15(19,20)21/h7-9H,3-6H2,1-2H3. The van der Waals surface area contributed by atoms with Crippen LogP contribution in [0.4, 0.5) is 26.3 Å². The van der Waals surface area contributed by atoms with Crippen LogP contribution in [0.2, 0.25) is 0 Å². The molecule has 0 radical (unpaired) electrons. The molecule has 10 heteroatoms. The van der Waals surface area contributed by atoms with Crippen LogP contribution in [0.15, 0.2) is 18.2 Å². The third kappa shape index (κ3) is 6.20. The monoisotopic (exact) mass is 373 g/mol. The lowest BCUT2D eigenvalue weighted by Crippen LogP contribution is -2.36. The van der Waals surface area contributed by atoms with Crippen LogP contribution in [0.3, 0.4) is 0 Å². The molecule has 1 amide bonds. The van der Waals surface area contributed by atoms with E-state index in [4.69, 9.17) is 9.47 Å². The molecule has 1 aromatic carbocycles. The minimum Gasteiger partial charge on any atom is -0.383 e. The van der Waals surface area contributed by atoms with E-state index in [1.807, 2.05) is 0 Å². The lowest BCUT2D eigenvalue weighted by atomic mass is 10.0. The number of ether oxygens (including phenoxy) is 2. The van der Waals surface area contributed by atoms with Crippen molar-refractivity contribution in [3.63, 3.8) is 0 Å². The van der Waals surface area contributed by atoms with E-state index in [0.29, 0.717) is 12.1 Å². The highest BCUT2D eigenvalue weighted by Crippen LogP contribution is 2.36. The van der Waals surface area contributed by atoms with Crippen molar-refractivity contribution in [2.45, 2.75) is 12.4 Å². The van der Waals surface area contributed by atoms with E-state index in [9.17, 15) is 31.1 Å². The van der Waals surface area contributed by atoms with Crippen LogP contribution in [0.1, 0.15) is 21.5 Å². The van der Waals surface area contributed by atoms with E-state index >= 15 is 0 Å². The molecule has 0 saturated carbocycles. The summed E-state index contributed by atoms with van der Waals surface area (Å²) < 4.78 is 86.8. The molecule has 1 rings (SSSR count). The third-order valence-electron chi connectivity index (χ3n) is 3.25. The van der Waals surface area contributed by atoms with Crippen LogP contribution >= 0.6 is 0 Å². The summed E-state index contributed by atoms with van der Waals surface area (Å²) in [6, 6.07) is 0.791. The fourth-order valence-electron chi connectivity index (χ4n) is 1.98. The Hall–Kier alpha value is -1.81. The van der Waals surface area contributed by atoms with E-state index < -0.39 is 35.0 Å². The third-order valence-corrected chi connectivity index (χ3v) is 3.25. The van der Waals surface area contributed by atoms with Crippen molar-refractivity contribution in [3.8, 4) is 0 Å². The number of carbonyl (C=O) groups is 1. The van der Waals surface area contributed by atoms with Crippen molar-refractivity contribution in [1.29, 1.82) is 0 Å². The van der Waals surface area contributed by atoms with Gasteiger partial charge in [-0.05, 0) is 18.2 Å². The molecule has 0 spiro atoms. The number of halogens is 6. The highest BCUT2D eigenvalue weighted by atomic mass is 19.4. The Morgan fingerprint density at radius 1 is 0.880 bits per heavy atom. The van der Waals surface area contributed by atoms with Crippen molar-refractivity contribution in [3.05, 3.63) is 34.9 Å². The van der Waals surface area contributed by atoms with Crippen LogP contribution in [0, 0.1) is 0 Å². The first kappa shape index (κ1) is 21.2. The normalized spacial score (nSPS) is 12.3. The average molecular weight is 373 g/mol. The first-order valence-electron chi connectivity index (χ1n) is 7.07. The van der Waals surface area contributed by atoms with Gasteiger partial charge in [-0.3, -0.25) is 4.79 Å². The largest absolute Gasteiger partial charge is 0.416 e. The second kappa shape index (κ2) is 8.52. The van der Waals surface area contributed by atoms with E-state index in [1.165, 1.54) is 14.2 Å². The number of hydrogen-bond donors (Lipinski definition) is 0. The van der Waals surface area contributed by atoms with Gasteiger partial charge in [0.2, 0.25) is 0 Å². The number of rotatable bonds is 7. The predicted molar refractivity (Wildman–Crippen MR) is 76.1 cm³/mol. The first-order valence-corrected chi connectivity index (χ1v) is 7.07. The van der Waals surface area contributed by atoms with Gasteiger partial charge in [0.15, 0.2) is 0 Å². The van der Waals surface area contributed by atoms with Crippen LogP contribution in [0.5, 0.6) is 0 Å². The summed E-state index contributed by atoms with van der Waals surface area (Å²) in [6.45, 7) is 0.133. The molecule has 0 heterocycles. The van der Waals surface area contributed by atoms with E-state index in [2.05, 4.69) is 0 Å². The van der Waals surface area contributed by atoms with E-state index in [0.717, 1.165) is 4.90 Å². The number of hydrogen-bond acceptors (Lipinski definition) is 3. The molecule has 0 unspecified atom stereocenters. The Bertz CT molecular complexity index is 545. The highest BCUT2D eigenvalue weighted by molar-refractivity contribution is 5.94. The lowest BCUT2D eigenvalue weighted by molar-refractivity contribution is -0.143. The predicted octanol–water partition coefficient (Wildman–Crippen LogP) is 3.46. The minimum atomic E-state index is -5.01. The summed E-state index contributed by atoms with van der Waals surface area (Å²) in [4.78, 5) is 13.5. The number of benzene rings is 1. The molecule has 0 aliphatic heterocycles. The van der Waals surface area contributed by atoms with Crippen LogP contribution in [-0.2, 0) is 21.8 Å². The van der Waals surface area contributed by atoms with Gasteiger partial charge in [0.1, 0.15) is 0 Å². The molecule has 4 nitrogen and oxygen atoms in total. The Morgan fingerprint density at radius 3 is 1.60 bits per heavy atom. The van der Waals surface area contributed by atoms with Crippen molar-refractivity contribution >= 4 is 5.91 Å². The number of nitrogens with zero attached hydrogens (tertiary/aromatic N) is 1. The Morgan fingerprint density at radius 2 is 1.28 bits per heavy atom. The maximum Gasteiger partial charge on any atom is 0.416 e. The summed E-state index contributed by atoms with van der Waals surface area (Å²) in [5.41, 5.74) is -3.78. The topological polar surface area (TPSA) is 38.8 Å². The molecule has 0 fully saturated rings. The molecule has 142 valence electrons. The van der Waals surface area contributed by atoms with Crippen molar-refractivity contribution in [1.82, 2.24) is 4.90 Å². The van der Waals surface area contributed by atoms with Crippen molar-refractivity contribution in [2.75, 3.05) is 40.5 Å². The zero-order chi connectivity index (χ0) is 19.3. The van der Waals surface area contributed by atoms with Gasteiger partial charge < -0.3 is 14.4 Å².